The maximum absolute atomic E-state index is 11.3. The lowest BCUT2D eigenvalue weighted by Crippen LogP contribution is -2.44. The molecule has 104 valence electrons. The first-order chi connectivity index (χ1) is 8.70. The number of amides is 2. The fraction of sp³-hybridized carbons (Fsp3) is 0.467. The summed E-state index contributed by atoms with van der Waals surface area (Å²) in [7, 11) is 0. The molecule has 0 radical (unpaired) electrons. The second-order valence-electron chi connectivity index (χ2n) is 5.81. The van der Waals surface area contributed by atoms with Crippen LogP contribution >= 0.6 is 0 Å². The van der Waals surface area contributed by atoms with Gasteiger partial charge in [-0.3, -0.25) is 9.59 Å². The maximum Gasteiger partial charge on any atom is 0.240 e. The van der Waals surface area contributed by atoms with Crippen molar-refractivity contribution in [1.29, 1.82) is 0 Å². The zero-order valence-electron chi connectivity index (χ0n) is 12.0. The van der Waals surface area contributed by atoms with Crippen LogP contribution in [0.5, 0.6) is 0 Å². The first-order valence-corrected chi connectivity index (χ1v) is 6.36. The number of carbonyl (C=O) groups is 2. The normalized spacial score (nSPS) is 12.8. The van der Waals surface area contributed by atoms with Crippen molar-refractivity contribution >= 4 is 11.8 Å². The highest BCUT2D eigenvalue weighted by atomic mass is 16.2. The molecule has 4 heteroatoms. The van der Waals surface area contributed by atoms with E-state index in [0.717, 1.165) is 5.56 Å². The van der Waals surface area contributed by atoms with Gasteiger partial charge in [0.1, 0.15) is 6.04 Å². The van der Waals surface area contributed by atoms with Crippen molar-refractivity contribution in [2.75, 3.05) is 0 Å². The molecule has 0 saturated heterocycles. The molecule has 0 spiro atoms. The van der Waals surface area contributed by atoms with Crippen molar-refractivity contribution in [3.63, 3.8) is 0 Å². The summed E-state index contributed by atoms with van der Waals surface area (Å²) < 4.78 is 0. The van der Waals surface area contributed by atoms with E-state index in [1.807, 2.05) is 24.3 Å². The Morgan fingerprint density at radius 1 is 1.21 bits per heavy atom. The predicted octanol–water partition coefficient (Wildman–Crippen LogP) is 1.52. The van der Waals surface area contributed by atoms with E-state index in [9.17, 15) is 9.59 Å². The molecule has 0 fully saturated rings. The summed E-state index contributed by atoms with van der Waals surface area (Å²) in [6.07, 6.45) is 0.416. The van der Waals surface area contributed by atoms with Crippen LogP contribution in [0.2, 0.25) is 0 Å². The SMILES string of the molecule is CC(=O)N[C@@H](Cc1ccc(C(C)(C)C)cc1)C(N)=O. The Bertz CT molecular complexity index is 458. The Kier molecular flexibility index (Phi) is 4.70. The summed E-state index contributed by atoms with van der Waals surface area (Å²) in [6.45, 7) is 7.81. The standard InChI is InChI=1S/C15H22N2O2/c1-10(18)17-13(14(16)19)9-11-5-7-12(8-6-11)15(2,3)4/h5-8,13H,9H2,1-4H3,(H2,16,19)(H,17,18)/t13-/m0/s1. The van der Waals surface area contributed by atoms with Gasteiger partial charge < -0.3 is 11.1 Å². The van der Waals surface area contributed by atoms with E-state index in [0.29, 0.717) is 6.42 Å². The van der Waals surface area contributed by atoms with Crippen LogP contribution in [0.1, 0.15) is 38.8 Å². The van der Waals surface area contributed by atoms with Crippen LogP contribution in [0.3, 0.4) is 0 Å². The topological polar surface area (TPSA) is 72.2 Å². The lowest BCUT2D eigenvalue weighted by Gasteiger charge is -2.20. The van der Waals surface area contributed by atoms with Gasteiger partial charge in [0.15, 0.2) is 0 Å². The summed E-state index contributed by atoms with van der Waals surface area (Å²) in [5.41, 5.74) is 7.58. The van der Waals surface area contributed by atoms with Crippen molar-refractivity contribution < 1.29 is 9.59 Å². The summed E-state index contributed by atoms with van der Waals surface area (Å²) in [4.78, 5) is 22.3. The van der Waals surface area contributed by atoms with Crippen LogP contribution in [0.25, 0.3) is 0 Å². The lowest BCUT2D eigenvalue weighted by atomic mass is 9.86. The van der Waals surface area contributed by atoms with E-state index < -0.39 is 11.9 Å². The van der Waals surface area contributed by atoms with Gasteiger partial charge in [0.25, 0.3) is 0 Å². The molecule has 3 N–H and O–H groups in total. The minimum atomic E-state index is -0.655. The van der Waals surface area contributed by atoms with Crippen LogP contribution in [0.15, 0.2) is 24.3 Å². The first kappa shape index (κ1) is 15.2. The molecular weight excluding hydrogens is 240 g/mol. The van der Waals surface area contributed by atoms with Crippen LogP contribution in [0, 0.1) is 0 Å². The third-order valence-corrected chi connectivity index (χ3v) is 2.98. The Labute approximate surface area is 114 Å². The molecule has 4 nitrogen and oxygen atoms in total. The molecule has 0 aliphatic carbocycles. The zero-order chi connectivity index (χ0) is 14.6. The molecule has 0 aromatic heterocycles. The highest BCUT2D eigenvalue weighted by molar-refractivity contribution is 5.85. The van der Waals surface area contributed by atoms with Crippen molar-refractivity contribution in [2.45, 2.75) is 45.6 Å². The van der Waals surface area contributed by atoms with Gasteiger partial charge in [-0.25, -0.2) is 0 Å². The number of nitrogens with one attached hydrogen (secondary N) is 1. The number of rotatable bonds is 4. The fourth-order valence-electron chi connectivity index (χ4n) is 1.84. The average Bonchev–Trinajstić information content (AvgIpc) is 2.27. The van der Waals surface area contributed by atoms with Crippen molar-refractivity contribution in [2.24, 2.45) is 5.73 Å². The Hall–Kier alpha value is -1.84. The molecule has 0 heterocycles. The number of hydrogen-bond acceptors (Lipinski definition) is 2. The molecule has 0 bridgehead atoms. The molecule has 1 aromatic carbocycles. The molecule has 0 saturated carbocycles. The lowest BCUT2D eigenvalue weighted by molar-refractivity contribution is -0.126. The van der Waals surface area contributed by atoms with E-state index >= 15 is 0 Å². The van der Waals surface area contributed by atoms with Gasteiger partial charge in [-0.05, 0) is 16.5 Å². The summed E-state index contributed by atoms with van der Waals surface area (Å²) in [5, 5.41) is 2.56. The summed E-state index contributed by atoms with van der Waals surface area (Å²) in [5.74, 6) is -0.773. The van der Waals surface area contributed by atoms with Crippen molar-refractivity contribution in [3.05, 3.63) is 35.4 Å². The first-order valence-electron chi connectivity index (χ1n) is 6.36. The molecule has 1 atom stereocenters. The number of primary amides is 1. The quantitative estimate of drug-likeness (QED) is 0.863. The van der Waals surface area contributed by atoms with E-state index in [4.69, 9.17) is 5.73 Å². The second kappa shape index (κ2) is 5.87. The van der Waals surface area contributed by atoms with Gasteiger partial charge in [0.2, 0.25) is 11.8 Å². The molecule has 2 amide bonds. The maximum atomic E-state index is 11.3. The molecule has 0 aliphatic rings. The summed E-state index contributed by atoms with van der Waals surface area (Å²) >= 11 is 0. The van der Waals surface area contributed by atoms with Gasteiger partial charge in [-0.15, -0.1) is 0 Å². The van der Waals surface area contributed by atoms with Gasteiger partial charge in [0.05, 0.1) is 0 Å². The van der Waals surface area contributed by atoms with Crippen LogP contribution in [0.4, 0.5) is 0 Å². The Morgan fingerprint density at radius 2 is 1.74 bits per heavy atom. The van der Waals surface area contributed by atoms with E-state index in [1.54, 1.807) is 0 Å². The minimum Gasteiger partial charge on any atom is -0.368 e. The predicted molar refractivity (Wildman–Crippen MR) is 75.6 cm³/mol. The van der Waals surface area contributed by atoms with E-state index in [2.05, 4.69) is 26.1 Å². The number of nitrogens with two attached hydrogens (primary N) is 1. The number of hydrogen-bond donors (Lipinski definition) is 2. The smallest absolute Gasteiger partial charge is 0.240 e. The Balaban J connectivity index is 2.81. The monoisotopic (exact) mass is 262 g/mol. The highest BCUT2D eigenvalue weighted by Gasteiger charge is 2.18. The average molecular weight is 262 g/mol. The van der Waals surface area contributed by atoms with Crippen LogP contribution in [-0.2, 0) is 21.4 Å². The number of carbonyl (C=O) groups excluding carboxylic acids is 2. The molecule has 1 rings (SSSR count). The van der Waals surface area contributed by atoms with Crippen molar-refractivity contribution in [3.8, 4) is 0 Å². The molecule has 1 aromatic rings. The number of benzene rings is 1. The fourth-order valence-corrected chi connectivity index (χ4v) is 1.84. The van der Waals surface area contributed by atoms with Crippen LogP contribution in [-0.4, -0.2) is 17.9 Å². The van der Waals surface area contributed by atoms with Gasteiger partial charge in [0, 0.05) is 13.3 Å². The van der Waals surface area contributed by atoms with E-state index in [1.165, 1.54) is 12.5 Å². The third-order valence-electron chi connectivity index (χ3n) is 2.98. The molecule has 0 aliphatic heterocycles. The molecule has 19 heavy (non-hydrogen) atoms. The second-order valence-corrected chi connectivity index (χ2v) is 5.81. The Morgan fingerprint density at radius 3 is 2.11 bits per heavy atom. The molecular formula is C15H22N2O2. The van der Waals surface area contributed by atoms with Gasteiger partial charge >= 0.3 is 0 Å². The molecule has 0 unspecified atom stereocenters. The minimum absolute atomic E-state index is 0.0965. The largest absolute Gasteiger partial charge is 0.368 e. The van der Waals surface area contributed by atoms with Gasteiger partial charge in [-0.2, -0.15) is 0 Å². The third kappa shape index (κ3) is 4.73. The highest BCUT2D eigenvalue weighted by Crippen LogP contribution is 2.22. The van der Waals surface area contributed by atoms with Crippen LogP contribution < -0.4 is 11.1 Å². The summed E-state index contributed by atoms with van der Waals surface area (Å²) in [6, 6.07) is 7.37. The van der Waals surface area contributed by atoms with Crippen molar-refractivity contribution in [1.82, 2.24) is 5.32 Å². The zero-order valence-corrected chi connectivity index (χ0v) is 12.0. The van der Waals surface area contributed by atoms with Gasteiger partial charge in [-0.1, -0.05) is 45.0 Å². The van der Waals surface area contributed by atoms with E-state index in [-0.39, 0.29) is 11.3 Å².